The number of benzene rings is 5. The largest absolute Gasteiger partial charge is 0.507 e. The summed E-state index contributed by atoms with van der Waals surface area (Å²) in [5, 5.41) is 12.5. The van der Waals surface area contributed by atoms with Crippen LogP contribution in [0.25, 0.3) is 54.3 Å². The Morgan fingerprint density at radius 1 is 0.660 bits per heavy atom. The number of fused-ring (bicyclic) bond motifs is 1. The van der Waals surface area contributed by atoms with Crippen LogP contribution in [0.5, 0.6) is 5.75 Å². The second kappa shape index (κ2) is 14.1. The van der Waals surface area contributed by atoms with Crippen LogP contribution in [0.15, 0.2) is 121 Å². The number of hydrogen-bond donors (Lipinski definition) is 1. The van der Waals surface area contributed by atoms with E-state index in [1.54, 1.807) is 11.3 Å². The first-order valence-corrected chi connectivity index (χ1v) is 17.7. The summed E-state index contributed by atoms with van der Waals surface area (Å²) in [7, 11) is 0. The van der Waals surface area contributed by atoms with Crippen LogP contribution in [0.2, 0.25) is 0 Å². The van der Waals surface area contributed by atoms with Gasteiger partial charge in [-0.25, -0.2) is 4.98 Å². The van der Waals surface area contributed by atoms with Gasteiger partial charge in [0.15, 0.2) is 0 Å². The third-order valence-corrected chi connectivity index (χ3v) is 10.1. The van der Waals surface area contributed by atoms with E-state index in [4.69, 9.17) is 9.97 Å². The van der Waals surface area contributed by atoms with E-state index in [2.05, 4.69) is 157 Å². The third-order valence-electron chi connectivity index (χ3n) is 9.05. The molecule has 0 fully saturated rings. The minimum Gasteiger partial charge on any atom is -0.507 e. The predicted molar refractivity (Wildman–Crippen MR) is 206 cm³/mol. The SMILES string of the molecule is CC(C)(C)c1cc(-c2nc3c(-c4[c-]c(-c5cc(-c6ccccc6)ccn5)cc(Cc5ccccc5)c4)cccc3s2)c(O)c(C(C)(C)C)c1.[Pt]. The fourth-order valence-corrected chi connectivity index (χ4v) is 7.33. The number of para-hydroxylation sites is 1. The number of phenols is 1. The van der Waals surface area contributed by atoms with Gasteiger partial charge in [0.2, 0.25) is 0 Å². The molecule has 3 nitrogen and oxygen atoms in total. The van der Waals surface area contributed by atoms with Crippen molar-refractivity contribution < 1.29 is 26.2 Å². The van der Waals surface area contributed by atoms with E-state index < -0.39 is 0 Å². The summed E-state index contributed by atoms with van der Waals surface area (Å²) in [6, 6.07) is 44.0. The Balaban J connectivity index is 0.00000432. The Morgan fingerprint density at radius 2 is 1.36 bits per heavy atom. The molecule has 0 atom stereocenters. The molecule has 2 aromatic heterocycles. The maximum Gasteiger partial charge on any atom is 0.129 e. The maximum absolute atomic E-state index is 11.7. The zero-order chi connectivity index (χ0) is 34.3. The Labute approximate surface area is 314 Å². The first-order valence-electron chi connectivity index (χ1n) is 16.8. The van der Waals surface area contributed by atoms with E-state index in [0.717, 1.165) is 66.3 Å². The van der Waals surface area contributed by atoms with Crippen LogP contribution >= 0.6 is 11.3 Å². The number of pyridine rings is 1. The molecule has 0 saturated heterocycles. The third kappa shape index (κ3) is 7.38. The first kappa shape index (κ1) is 35.5. The van der Waals surface area contributed by atoms with Crippen LogP contribution < -0.4 is 0 Å². The molecule has 0 aliphatic heterocycles. The Bertz CT molecular complexity index is 2280. The van der Waals surface area contributed by atoms with Crippen molar-refractivity contribution in [2.45, 2.75) is 58.8 Å². The molecule has 0 aliphatic carbocycles. The Morgan fingerprint density at radius 3 is 2.06 bits per heavy atom. The van der Waals surface area contributed by atoms with E-state index in [0.29, 0.717) is 5.75 Å². The molecule has 254 valence electrons. The van der Waals surface area contributed by atoms with Crippen LogP contribution in [0.1, 0.15) is 63.8 Å². The minimum atomic E-state index is -0.224. The fourth-order valence-electron chi connectivity index (χ4n) is 6.32. The van der Waals surface area contributed by atoms with Crippen molar-refractivity contribution in [1.82, 2.24) is 9.97 Å². The van der Waals surface area contributed by atoms with Gasteiger partial charge in [-0.3, -0.25) is 4.98 Å². The molecule has 1 N–H and O–H groups in total. The van der Waals surface area contributed by atoms with Gasteiger partial charge in [0.1, 0.15) is 10.8 Å². The van der Waals surface area contributed by atoms with Crippen molar-refractivity contribution in [3.63, 3.8) is 0 Å². The average Bonchev–Trinajstić information content (AvgIpc) is 3.52. The van der Waals surface area contributed by atoms with Gasteiger partial charge in [0.25, 0.3) is 0 Å². The van der Waals surface area contributed by atoms with E-state index >= 15 is 0 Å². The Kier molecular flexibility index (Phi) is 10.00. The van der Waals surface area contributed by atoms with Gasteiger partial charge in [0.05, 0.1) is 11.1 Å². The first-order chi connectivity index (χ1) is 23.4. The number of aromatic hydroxyl groups is 1. The van der Waals surface area contributed by atoms with E-state index in [9.17, 15) is 5.11 Å². The number of aromatic nitrogens is 2. The van der Waals surface area contributed by atoms with Crippen molar-refractivity contribution in [3.8, 4) is 49.8 Å². The molecule has 5 heteroatoms. The summed E-state index contributed by atoms with van der Waals surface area (Å²) in [4.78, 5) is 10.1. The van der Waals surface area contributed by atoms with Gasteiger partial charge in [-0.1, -0.05) is 138 Å². The molecule has 5 aromatic carbocycles. The van der Waals surface area contributed by atoms with Crippen molar-refractivity contribution in [3.05, 3.63) is 150 Å². The van der Waals surface area contributed by atoms with Crippen LogP contribution in [0, 0.1) is 6.07 Å². The molecule has 0 saturated carbocycles. The molecule has 0 radical (unpaired) electrons. The van der Waals surface area contributed by atoms with Crippen molar-refractivity contribution in [2.75, 3.05) is 0 Å². The number of phenolic OH excluding ortho intramolecular Hbond substituents is 1. The smallest absolute Gasteiger partial charge is 0.129 e. The second-order valence-electron chi connectivity index (χ2n) is 14.9. The standard InChI is InChI=1S/C45H41N2OS.Pt/c1-44(2,3)35-27-37(42(48)38(28-35)45(4,5)6)43-47-41-36(18-13-19-40(41)49-43)33-23-30(22-29-14-9-7-10-15-29)24-34(25-33)39-26-32(20-21-46-39)31-16-11-8-12-17-31;/h7-21,23-24,26-28,48H,22H2,1-6H3;/q-1;. The van der Waals surface area contributed by atoms with Gasteiger partial charge < -0.3 is 5.11 Å². The molecule has 7 rings (SSSR count). The number of thiazole rings is 1. The van der Waals surface area contributed by atoms with Crippen LogP contribution in [-0.4, -0.2) is 15.1 Å². The topological polar surface area (TPSA) is 46.0 Å². The second-order valence-corrected chi connectivity index (χ2v) is 15.9. The average molecular weight is 853 g/mol. The summed E-state index contributed by atoms with van der Waals surface area (Å²) in [5.74, 6) is 0.309. The van der Waals surface area contributed by atoms with Crippen molar-refractivity contribution in [2.24, 2.45) is 0 Å². The molecule has 2 heterocycles. The monoisotopic (exact) mass is 852 g/mol. The van der Waals surface area contributed by atoms with Gasteiger partial charge >= 0.3 is 0 Å². The predicted octanol–water partition coefficient (Wildman–Crippen LogP) is 12.0. The minimum absolute atomic E-state index is 0. The molecule has 0 spiro atoms. The zero-order valence-electron chi connectivity index (χ0n) is 29.3. The summed E-state index contributed by atoms with van der Waals surface area (Å²) < 4.78 is 1.07. The van der Waals surface area contributed by atoms with E-state index in [1.165, 1.54) is 16.7 Å². The van der Waals surface area contributed by atoms with Crippen molar-refractivity contribution in [1.29, 1.82) is 0 Å². The van der Waals surface area contributed by atoms with Gasteiger partial charge in [-0.2, -0.15) is 0 Å². The summed E-state index contributed by atoms with van der Waals surface area (Å²) in [5.41, 5.74) is 12.0. The summed E-state index contributed by atoms with van der Waals surface area (Å²) >= 11 is 1.62. The Hall–Kier alpha value is -4.37. The maximum atomic E-state index is 11.7. The molecular weight excluding hydrogens is 812 g/mol. The van der Waals surface area contributed by atoms with E-state index in [1.807, 2.05) is 12.3 Å². The van der Waals surface area contributed by atoms with Crippen molar-refractivity contribution >= 4 is 21.6 Å². The molecule has 0 bridgehead atoms. The zero-order valence-corrected chi connectivity index (χ0v) is 32.4. The quantitative estimate of drug-likeness (QED) is 0.170. The van der Waals surface area contributed by atoms with Gasteiger partial charge in [0, 0.05) is 43.2 Å². The molecule has 0 amide bonds. The van der Waals surface area contributed by atoms with Crippen LogP contribution in [0.4, 0.5) is 0 Å². The normalized spacial score (nSPS) is 11.8. The molecular formula is C45H41N2OPtS-. The number of rotatable bonds is 6. The molecule has 0 unspecified atom stereocenters. The number of nitrogens with zero attached hydrogens (tertiary/aromatic N) is 2. The summed E-state index contributed by atoms with van der Waals surface area (Å²) in [6.07, 6.45) is 2.67. The molecule has 7 aromatic rings. The van der Waals surface area contributed by atoms with Crippen LogP contribution in [0.3, 0.4) is 0 Å². The van der Waals surface area contributed by atoms with Gasteiger partial charge in [-0.15, -0.1) is 40.7 Å². The molecule has 50 heavy (non-hydrogen) atoms. The number of hydrogen-bond acceptors (Lipinski definition) is 4. The molecule has 0 aliphatic rings. The van der Waals surface area contributed by atoms with E-state index in [-0.39, 0.29) is 31.9 Å². The van der Waals surface area contributed by atoms with Crippen LogP contribution in [-0.2, 0) is 38.3 Å². The summed E-state index contributed by atoms with van der Waals surface area (Å²) in [6.45, 7) is 13.1. The van der Waals surface area contributed by atoms with Gasteiger partial charge in [-0.05, 0) is 57.7 Å². The fraction of sp³-hybridized carbons (Fsp3) is 0.200.